The molecule has 5 heteroatoms. The zero-order valence-electron chi connectivity index (χ0n) is 8.35. The molecular weight excluding hydrogens is 189 g/mol. The number of carbonyl (C=O) groups is 1. The third kappa shape index (κ3) is 2.22. The minimum atomic E-state index is -1.23. The third-order valence-corrected chi connectivity index (χ3v) is 2.71. The number of rotatable bonds is 1. The molecule has 82 valence electrons. The highest BCUT2D eigenvalue weighted by Gasteiger charge is 2.38. The summed E-state index contributed by atoms with van der Waals surface area (Å²) in [5.74, 6) is -0.899. The number of alkyl halides is 1. The molecule has 0 bridgehead atoms. The van der Waals surface area contributed by atoms with E-state index in [4.69, 9.17) is 0 Å². The topological polar surface area (TPSA) is 60.8 Å². The van der Waals surface area contributed by atoms with Crippen molar-refractivity contribution in [3.8, 4) is 0 Å². The second kappa shape index (κ2) is 4.23. The van der Waals surface area contributed by atoms with Crippen LogP contribution in [-0.4, -0.2) is 52.5 Å². The standard InChI is InChI=1S/C9H16FNO3/c1-5(10)7-3-11(6(2)12)4-8(13)9(7)14/h5,7-9,13-14H,3-4H2,1-2H3. The second-order valence-corrected chi connectivity index (χ2v) is 3.82. The first-order valence-corrected chi connectivity index (χ1v) is 4.69. The maximum atomic E-state index is 13.0. The van der Waals surface area contributed by atoms with Gasteiger partial charge in [0.05, 0.1) is 12.2 Å². The lowest BCUT2D eigenvalue weighted by atomic mass is 9.89. The average molecular weight is 205 g/mol. The van der Waals surface area contributed by atoms with Crippen LogP contribution in [0.1, 0.15) is 13.8 Å². The predicted molar refractivity (Wildman–Crippen MR) is 48.3 cm³/mol. The Morgan fingerprint density at radius 1 is 1.50 bits per heavy atom. The molecule has 14 heavy (non-hydrogen) atoms. The van der Waals surface area contributed by atoms with Crippen molar-refractivity contribution in [2.24, 2.45) is 5.92 Å². The third-order valence-electron chi connectivity index (χ3n) is 2.71. The Bertz CT molecular complexity index is 222. The van der Waals surface area contributed by atoms with Crippen LogP contribution >= 0.6 is 0 Å². The molecule has 4 unspecified atom stereocenters. The van der Waals surface area contributed by atoms with Crippen molar-refractivity contribution in [1.82, 2.24) is 4.90 Å². The molecule has 0 aliphatic carbocycles. The molecule has 1 saturated heterocycles. The number of likely N-dealkylation sites (tertiary alicyclic amines) is 1. The van der Waals surface area contributed by atoms with Gasteiger partial charge in [-0.15, -0.1) is 0 Å². The van der Waals surface area contributed by atoms with Crippen LogP contribution in [0.2, 0.25) is 0 Å². The smallest absolute Gasteiger partial charge is 0.219 e. The number of hydrogen-bond donors (Lipinski definition) is 2. The molecule has 1 rings (SSSR count). The molecule has 0 radical (unpaired) electrons. The van der Waals surface area contributed by atoms with Gasteiger partial charge in [-0.05, 0) is 6.92 Å². The molecule has 0 aromatic heterocycles. The monoisotopic (exact) mass is 205 g/mol. The van der Waals surface area contributed by atoms with Crippen molar-refractivity contribution >= 4 is 5.91 Å². The van der Waals surface area contributed by atoms with Crippen LogP contribution in [0.15, 0.2) is 0 Å². The minimum absolute atomic E-state index is 0.0831. The Kier molecular flexibility index (Phi) is 3.44. The van der Waals surface area contributed by atoms with Gasteiger partial charge in [-0.3, -0.25) is 4.79 Å². The van der Waals surface area contributed by atoms with Crippen molar-refractivity contribution in [1.29, 1.82) is 0 Å². The molecule has 1 aliphatic rings. The van der Waals surface area contributed by atoms with Gasteiger partial charge in [-0.2, -0.15) is 0 Å². The first-order valence-electron chi connectivity index (χ1n) is 4.69. The van der Waals surface area contributed by atoms with Crippen LogP contribution in [-0.2, 0) is 4.79 Å². The average Bonchev–Trinajstić information content (AvgIpc) is 2.08. The zero-order chi connectivity index (χ0) is 10.9. The molecule has 0 aromatic carbocycles. The number of piperidine rings is 1. The summed E-state index contributed by atoms with van der Waals surface area (Å²) < 4.78 is 13.0. The van der Waals surface area contributed by atoms with Crippen LogP contribution in [0.4, 0.5) is 4.39 Å². The number of hydrogen-bond acceptors (Lipinski definition) is 3. The van der Waals surface area contributed by atoms with Crippen LogP contribution in [0.5, 0.6) is 0 Å². The van der Waals surface area contributed by atoms with E-state index in [1.165, 1.54) is 18.7 Å². The van der Waals surface area contributed by atoms with Gasteiger partial charge in [-0.25, -0.2) is 4.39 Å². The Hall–Kier alpha value is -0.680. The van der Waals surface area contributed by atoms with Crippen molar-refractivity contribution in [3.63, 3.8) is 0 Å². The predicted octanol–water partition coefficient (Wildman–Crippen LogP) is -0.456. The fraction of sp³-hybridized carbons (Fsp3) is 0.889. The number of amides is 1. The van der Waals surface area contributed by atoms with Crippen LogP contribution in [0.25, 0.3) is 0 Å². The quantitative estimate of drug-likeness (QED) is 0.609. The van der Waals surface area contributed by atoms with E-state index in [-0.39, 0.29) is 19.0 Å². The van der Waals surface area contributed by atoms with Crippen molar-refractivity contribution < 1.29 is 19.4 Å². The highest BCUT2D eigenvalue weighted by atomic mass is 19.1. The first-order chi connectivity index (χ1) is 6.43. The summed E-state index contributed by atoms with van der Waals surface area (Å²) >= 11 is 0. The Labute approximate surface area is 82.3 Å². The molecule has 0 aromatic rings. The zero-order valence-corrected chi connectivity index (χ0v) is 8.35. The summed E-state index contributed by atoms with van der Waals surface area (Å²) in [5.41, 5.74) is 0. The van der Waals surface area contributed by atoms with Gasteiger partial charge in [0, 0.05) is 25.9 Å². The first kappa shape index (κ1) is 11.4. The molecular formula is C9H16FNO3. The number of halogens is 1. The van der Waals surface area contributed by atoms with Gasteiger partial charge in [-0.1, -0.05) is 0 Å². The normalized spacial score (nSPS) is 35.5. The van der Waals surface area contributed by atoms with E-state index in [0.717, 1.165) is 0 Å². The molecule has 1 aliphatic heterocycles. The highest BCUT2D eigenvalue weighted by Crippen LogP contribution is 2.22. The number of carbonyl (C=O) groups excluding carboxylic acids is 1. The van der Waals surface area contributed by atoms with Crippen LogP contribution in [0.3, 0.4) is 0 Å². The Morgan fingerprint density at radius 2 is 2.07 bits per heavy atom. The number of aliphatic hydroxyl groups is 2. The summed E-state index contributed by atoms with van der Waals surface area (Å²) in [6.07, 6.45) is -3.36. The van der Waals surface area contributed by atoms with Crippen molar-refractivity contribution in [2.45, 2.75) is 32.2 Å². The fourth-order valence-corrected chi connectivity index (χ4v) is 1.73. The van der Waals surface area contributed by atoms with E-state index in [9.17, 15) is 19.4 Å². The molecule has 4 atom stereocenters. The van der Waals surface area contributed by atoms with Crippen molar-refractivity contribution in [2.75, 3.05) is 13.1 Å². The minimum Gasteiger partial charge on any atom is -0.390 e. The summed E-state index contributed by atoms with van der Waals surface area (Å²) in [7, 11) is 0. The summed E-state index contributed by atoms with van der Waals surface area (Å²) in [5, 5.41) is 18.9. The maximum Gasteiger partial charge on any atom is 0.219 e. The Morgan fingerprint density at radius 3 is 2.50 bits per heavy atom. The molecule has 1 heterocycles. The van der Waals surface area contributed by atoms with E-state index in [0.29, 0.717) is 0 Å². The van der Waals surface area contributed by atoms with Gasteiger partial charge >= 0.3 is 0 Å². The van der Waals surface area contributed by atoms with E-state index in [1.807, 2.05) is 0 Å². The molecule has 1 fully saturated rings. The van der Waals surface area contributed by atoms with Gasteiger partial charge in [0.25, 0.3) is 0 Å². The van der Waals surface area contributed by atoms with E-state index >= 15 is 0 Å². The summed E-state index contributed by atoms with van der Waals surface area (Å²) in [4.78, 5) is 12.4. The molecule has 0 spiro atoms. The van der Waals surface area contributed by atoms with Gasteiger partial charge < -0.3 is 15.1 Å². The maximum absolute atomic E-state index is 13.0. The fourth-order valence-electron chi connectivity index (χ4n) is 1.73. The molecule has 2 N–H and O–H groups in total. The van der Waals surface area contributed by atoms with E-state index in [2.05, 4.69) is 0 Å². The number of aliphatic hydroxyl groups excluding tert-OH is 2. The molecule has 0 saturated carbocycles. The summed E-state index contributed by atoms with van der Waals surface area (Å²) in [6.45, 7) is 2.94. The second-order valence-electron chi connectivity index (χ2n) is 3.82. The lowest BCUT2D eigenvalue weighted by Crippen LogP contribution is -2.55. The van der Waals surface area contributed by atoms with E-state index < -0.39 is 24.3 Å². The SMILES string of the molecule is CC(=O)N1CC(O)C(O)C(C(C)F)C1. The van der Waals surface area contributed by atoms with E-state index in [1.54, 1.807) is 0 Å². The largest absolute Gasteiger partial charge is 0.390 e. The Balaban J connectivity index is 2.71. The lowest BCUT2D eigenvalue weighted by molar-refractivity contribution is -0.142. The van der Waals surface area contributed by atoms with Crippen LogP contribution in [0, 0.1) is 5.92 Å². The van der Waals surface area contributed by atoms with Crippen LogP contribution < -0.4 is 0 Å². The van der Waals surface area contributed by atoms with Gasteiger partial charge in [0.1, 0.15) is 6.17 Å². The van der Waals surface area contributed by atoms with Gasteiger partial charge in [0.2, 0.25) is 5.91 Å². The highest BCUT2D eigenvalue weighted by molar-refractivity contribution is 5.73. The number of nitrogens with zero attached hydrogens (tertiary/aromatic N) is 1. The lowest BCUT2D eigenvalue weighted by Gasteiger charge is -2.39. The molecule has 1 amide bonds. The number of β-amino-alcohol motifs (C(OH)–C–C–N with tert-alkyl or cyclic N) is 1. The summed E-state index contributed by atoms with van der Waals surface area (Å²) in [6, 6.07) is 0. The van der Waals surface area contributed by atoms with Gasteiger partial charge in [0.15, 0.2) is 0 Å². The van der Waals surface area contributed by atoms with Crippen molar-refractivity contribution in [3.05, 3.63) is 0 Å². The molecule has 4 nitrogen and oxygen atoms in total.